The molecule has 0 saturated heterocycles. The van der Waals surface area contributed by atoms with Crippen molar-refractivity contribution in [2.24, 2.45) is 0 Å². The third kappa shape index (κ3) is 9.00. The molecule has 3 nitrogen and oxygen atoms in total. The standard InChI is InChI=1S/C17H32O3/c1-6-7-8-9-10-11-12-13-15(2)14-20-17(3,4)16(18)19-5/h14H,6-13H2,1-5H3. The number of allylic oxidation sites excluding steroid dienone is 1. The van der Waals surface area contributed by atoms with E-state index in [1.807, 2.05) is 6.92 Å². The summed E-state index contributed by atoms with van der Waals surface area (Å²) in [6.45, 7) is 7.72. The first-order chi connectivity index (χ1) is 9.44. The van der Waals surface area contributed by atoms with Crippen LogP contribution in [0.15, 0.2) is 11.8 Å². The van der Waals surface area contributed by atoms with Crippen molar-refractivity contribution in [3.8, 4) is 0 Å². The summed E-state index contributed by atoms with van der Waals surface area (Å²) in [5, 5.41) is 0. The van der Waals surface area contributed by atoms with E-state index in [4.69, 9.17) is 9.47 Å². The average Bonchev–Trinajstić information content (AvgIpc) is 2.43. The number of methoxy groups -OCH3 is 1. The summed E-state index contributed by atoms with van der Waals surface area (Å²) in [5.41, 5.74) is 0.270. The fourth-order valence-corrected chi connectivity index (χ4v) is 1.96. The fraction of sp³-hybridized carbons (Fsp3) is 0.824. The minimum atomic E-state index is -0.907. The van der Waals surface area contributed by atoms with E-state index in [9.17, 15) is 4.79 Å². The number of carbonyl (C=O) groups is 1. The molecule has 0 aromatic rings. The summed E-state index contributed by atoms with van der Waals surface area (Å²) < 4.78 is 10.2. The number of ether oxygens (including phenoxy) is 2. The Morgan fingerprint density at radius 2 is 1.60 bits per heavy atom. The minimum absolute atomic E-state index is 0.350. The van der Waals surface area contributed by atoms with Gasteiger partial charge in [0.2, 0.25) is 0 Å². The third-order valence-electron chi connectivity index (χ3n) is 3.41. The number of carbonyl (C=O) groups excluding carboxylic acids is 1. The van der Waals surface area contributed by atoms with Crippen molar-refractivity contribution in [1.29, 1.82) is 0 Å². The lowest BCUT2D eigenvalue weighted by Crippen LogP contribution is -2.34. The normalized spacial score (nSPS) is 12.3. The van der Waals surface area contributed by atoms with Crippen LogP contribution in [-0.2, 0) is 14.3 Å². The lowest BCUT2D eigenvalue weighted by atomic mass is 10.1. The lowest BCUT2D eigenvalue weighted by molar-refractivity contribution is -0.159. The summed E-state index contributed by atoms with van der Waals surface area (Å²) in [6, 6.07) is 0. The Bertz CT molecular complexity index is 293. The van der Waals surface area contributed by atoms with Crippen molar-refractivity contribution in [2.45, 2.75) is 84.7 Å². The molecule has 3 heteroatoms. The van der Waals surface area contributed by atoms with E-state index < -0.39 is 5.60 Å². The van der Waals surface area contributed by atoms with Gasteiger partial charge in [0, 0.05) is 0 Å². The highest BCUT2D eigenvalue weighted by Gasteiger charge is 2.29. The Morgan fingerprint density at radius 3 is 2.15 bits per heavy atom. The minimum Gasteiger partial charge on any atom is -0.484 e. The molecule has 0 aromatic carbocycles. The maximum absolute atomic E-state index is 11.5. The van der Waals surface area contributed by atoms with Crippen molar-refractivity contribution in [3.63, 3.8) is 0 Å². The predicted molar refractivity (Wildman–Crippen MR) is 83.5 cm³/mol. The number of hydrogen-bond donors (Lipinski definition) is 0. The van der Waals surface area contributed by atoms with Crippen molar-refractivity contribution in [3.05, 3.63) is 11.8 Å². The molecule has 0 bridgehead atoms. The highest BCUT2D eigenvalue weighted by Crippen LogP contribution is 2.16. The highest BCUT2D eigenvalue weighted by molar-refractivity contribution is 5.78. The maximum atomic E-state index is 11.5. The first kappa shape index (κ1) is 19.0. The zero-order chi connectivity index (χ0) is 15.4. The Kier molecular flexibility index (Phi) is 10.2. The number of esters is 1. The molecule has 0 spiro atoms. The first-order valence-electron chi connectivity index (χ1n) is 7.86. The van der Waals surface area contributed by atoms with E-state index in [0.29, 0.717) is 0 Å². The molecule has 20 heavy (non-hydrogen) atoms. The van der Waals surface area contributed by atoms with Gasteiger partial charge in [0.05, 0.1) is 13.4 Å². The topological polar surface area (TPSA) is 35.5 Å². The van der Waals surface area contributed by atoms with Gasteiger partial charge in [-0.15, -0.1) is 0 Å². The molecule has 0 aliphatic rings. The van der Waals surface area contributed by atoms with Crippen LogP contribution in [0.2, 0.25) is 0 Å². The zero-order valence-electron chi connectivity index (χ0n) is 14.0. The second-order valence-electron chi connectivity index (χ2n) is 5.96. The molecule has 0 aliphatic heterocycles. The summed E-state index contributed by atoms with van der Waals surface area (Å²) in [6.07, 6.45) is 11.9. The van der Waals surface area contributed by atoms with Crippen LogP contribution in [0.1, 0.15) is 79.1 Å². The van der Waals surface area contributed by atoms with Crippen LogP contribution in [0.3, 0.4) is 0 Å². The number of hydrogen-bond acceptors (Lipinski definition) is 3. The Morgan fingerprint density at radius 1 is 1.05 bits per heavy atom. The average molecular weight is 284 g/mol. The quantitative estimate of drug-likeness (QED) is 0.304. The van der Waals surface area contributed by atoms with Crippen molar-refractivity contribution >= 4 is 5.97 Å². The van der Waals surface area contributed by atoms with Gasteiger partial charge in [0.25, 0.3) is 0 Å². The van der Waals surface area contributed by atoms with E-state index in [1.54, 1.807) is 20.1 Å². The van der Waals surface area contributed by atoms with Gasteiger partial charge in [-0.2, -0.15) is 0 Å². The molecule has 0 rings (SSSR count). The summed E-state index contributed by atoms with van der Waals surface area (Å²) in [4.78, 5) is 11.5. The second-order valence-corrected chi connectivity index (χ2v) is 5.96. The van der Waals surface area contributed by atoms with Crippen LogP contribution < -0.4 is 0 Å². The molecule has 0 aliphatic carbocycles. The Labute approximate surface area is 124 Å². The number of rotatable bonds is 11. The smallest absolute Gasteiger partial charge is 0.349 e. The van der Waals surface area contributed by atoms with E-state index >= 15 is 0 Å². The molecular formula is C17H32O3. The molecule has 0 saturated carbocycles. The van der Waals surface area contributed by atoms with Gasteiger partial charge in [-0.25, -0.2) is 4.79 Å². The van der Waals surface area contributed by atoms with Crippen molar-refractivity contribution in [1.82, 2.24) is 0 Å². The molecule has 0 aromatic heterocycles. The summed E-state index contributed by atoms with van der Waals surface area (Å²) in [7, 11) is 1.38. The number of unbranched alkanes of at least 4 members (excludes halogenated alkanes) is 6. The zero-order valence-corrected chi connectivity index (χ0v) is 14.0. The van der Waals surface area contributed by atoms with E-state index in [1.165, 1.54) is 57.6 Å². The largest absolute Gasteiger partial charge is 0.484 e. The maximum Gasteiger partial charge on any atom is 0.349 e. The molecule has 0 N–H and O–H groups in total. The van der Waals surface area contributed by atoms with E-state index in [-0.39, 0.29) is 5.97 Å². The van der Waals surface area contributed by atoms with Gasteiger partial charge in [0.15, 0.2) is 5.60 Å². The molecule has 118 valence electrons. The van der Waals surface area contributed by atoms with Gasteiger partial charge in [-0.1, -0.05) is 45.4 Å². The molecule has 0 amide bonds. The Hall–Kier alpha value is -0.990. The highest BCUT2D eigenvalue weighted by atomic mass is 16.6. The third-order valence-corrected chi connectivity index (χ3v) is 3.41. The van der Waals surface area contributed by atoms with Gasteiger partial charge >= 0.3 is 5.97 Å². The van der Waals surface area contributed by atoms with Crippen molar-refractivity contribution < 1.29 is 14.3 Å². The first-order valence-corrected chi connectivity index (χ1v) is 7.86. The van der Waals surface area contributed by atoms with Gasteiger partial charge in [-0.3, -0.25) is 0 Å². The van der Waals surface area contributed by atoms with Crippen LogP contribution in [0.4, 0.5) is 0 Å². The fourth-order valence-electron chi connectivity index (χ4n) is 1.96. The van der Waals surface area contributed by atoms with Crippen LogP contribution in [0, 0.1) is 0 Å². The van der Waals surface area contributed by atoms with E-state index in [0.717, 1.165) is 6.42 Å². The Balaban J connectivity index is 3.78. The van der Waals surface area contributed by atoms with Crippen molar-refractivity contribution in [2.75, 3.05) is 7.11 Å². The summed E-state index contributed by atoms with van der Waals surface area (Å²) >= 11 is 0. The van der Waals surface area contributed by atoms with Crippen LogP contribution in [0.5, 0.6) is 0 Å². The van der Waals surface area contributed by atoms with Gasteiger partial charge < -0.3 is 9.47 Å². The SMILES string of the molecule is CCCCCCCCCC(C)=COC(C)(C)C(=O)OC. The molecule has 0 unspecified atom stereocenters. The van der Waals surface area contributed by atoms with Crippen LogP contribution in [-0.4, -0.2) is 18.7 Å². The molecule has 0 fully saturated rings. The van der Waals surface area contributed by atoms with E-state index in [2.05, 4.69) is 6.92 Å². The predicted octanol–water partition coefficient (Wildman–Crippen LogP) is 5.00. The van der Waals surface area contributed by atoms with Gasteiger partial charge in [0.1, 0.15) is 0 Å². The van der Waals surface area contributed by atoms with Gasteiger partial charge in [-0.05, 0) is 39.2 Å². The molecule has 0 atom stereocenters. The van der Waals surface area contributed by atoms with Crippen LogP contribution >= 0.6 is 0 Å². The molecule has 0 radical (unpaired) electrons. The van der Waals surface area contributed by atoms with Crippen LogP contribution in [0.25, 0.3) is 0 Å². The molecular weight excluding hydrogens is 252 g/mol. The molecule has 0 heterocycles. The summed E-state index contributed by atoms with van der Waals surface area (Å²) in [5.74, 6) is -0.350. The lowest BCUT2D eigenvalue weighted by Gasteiger charge is -2.21. The second kappa shape index (κ2) is 10.8. The monoisotopic (exact) mass is 284 g/mol.